The van der Waals surface area contributed by atoms with Crippen molar-refractivity contribution in [2.24, 2.45) is 7.05 Å². The zero-order chi connectivity index (χ0) is 37.7. The number of hydrogen-bond donors (Lipinski definition) is 5. The van der Waals surface area contributed by atoms with Crippen LogP contribution in [0.5, 0.6) is 0 Å². The molecule has 274 valence electrons. The van der Waals surface area contributed by atoms with Crippen LogP contribution in [-0.4, -0.2) is 70.3 Å². The number of sulfonamides is 1. The summed E-state index contributed by atoms with van der Waals surface area (Å²) in [5.41, 5.74) is 1.59. The van der Waals surface area contributed by atoms with Gasteiger partial charge in [-0.1, -0.05) is 23.8 Å². The second-order valence-electron chi connectivity index (χ2n) is 13.4. The number of nitrogens with zero attached hydrogens (tertiary/aromatic N) is 3. The van der Waals surface area contributed by atoms with Crippen molar-refractivity contribution in [1.29, 1.82) is 0 Å². The predicted molar refractivity (Wildman–Crippen MR) is 192 cm³/mol. The van der Waals surface area contributed by atoms with Gasteiger partial charge in [0.15, 0.2) is 0 Å². The minimum Gasteiger partial charge on any atom is -0.480 e. The van der Waals surface area contributed by atoms with Gasteiger partial charge in [-0.3, -0.25) is 14.4 Å². The molecule has 0 saturated carbocycles. The highest BCUT2D eigenvalue weighted by Gasteiger charge is 2.29. The number of carbonyl (C=O) groups is 3. The molecule has 2 aromatic heterocycles. The monoisotopic (exact) mass is 723 g/mol. The lowest BCUT2D eigenvalue weighted by molar-refractivity contribution is -0.138. The summed E-state index contributed by atoms with van der Waals surface area (Å²) >= 11 is 0. The van der Waals surface area contributed by atoms with E-state index in [0.29, 0.717) is 35.6 Å². The number of hydrogen-bond acceptors (Lipinski definition) is 9. The van der Waals surface area contributed by atoms with Crippen molar-refractivity contribution in [3.63, 3.8) is 0 Å². The Kier molecular flexibility index (Phi) is 11.9. The Labute approximate surface area is 296 Å². The first kappa shape index (κ1) is 38.6. The van der Waals surface area contributed by atoms with Crippen molar-refractivity contribution in [3.05, 3.63) is 87.0 Å². The quantitative estimate of drug-likeness (QED) is 0.120. The Hall–Kier alpha value is -5.22. The summed E-state index contributed by atoms with van der Waals surface area (Å²) in [5.74, 6) is -1.74. The highest BCUT2D eigenvalue weighted by molar-refractivity contribution is 7.89. The first-order chi connectivity index (χ1) is 23.9. The van der Waals surface area contributed by atoms with E-state index in [1.807, 2.05) is 24.6 Å². The van der Waals surface area contributed by atoms with Crippen LogP contribution in [0.15, 0.2) is 58.6 Å². The van der Waals surface area contributed by atoms with Crippen LogP contribution in [0, 0.1) is 20.8 Å². The summed E-state index contributed by atoms with van der Waals surface area (Å²) in [6, 6.07) is 6.81. The summed E-state index contributed by atoms with van der Waals surface area (Å²) in [7, 11) is -2.44. The highest BCUT2D eigenvalue weighted by Crippen LogP contribution is 2.22. The Balaban J connectivity index is 1.58. The molecule has 16 heteroatoms. The van der Waals surface area contributed by atoms with Gasteiger partial charge in [-0.2, -0.15) is 4.72 Å². The molecule has 5 N–H and O–H groups in total. The molecule has 0 radical (unpaired) electrons. The first-order valence-corrected chi connectivity index (χ1v) is 17.8. The number of alkyl carbamates (subject to hydrolysis) is 1. The van der Waals surface area contributed by atoms with Gasteiger partial charge in [-0.15, -0.1) is 0 Å². The number of aliphatic carboxylic acids is 1. The number of aryl methyl sites for hydroxylation is 5. The second-order valence-corrected chi connectivity index (χ2v) is 15.0. The number of carboxylic acid groups (broad SMARTS) is 1. The summed E-state index contributed by atoms with van der Waals surface area (Å²) in [5, 5.41) is 18.5. The maximum atomic E-state index is 13.7. The molecule has 0 saturated heterocycles. The third-order valence-corrected chi connectivity index (χ3v) is 9.62. The lowest BCUT2D eigenvalue weighted by Crippen LogP contribution is -2.49. The maximum Gasteiger partial charge on any atom is 0.407 e. The fourth-order valence-electron chi connectivity index (χ4n) is 5.67. The van der Waals surface area contributed by atoms with E-state index in [-0.39, 0.29) is 28.9 Å². The number of pyridine rings is 1. The molecular formula is C35H45N7O8S. The molecule has 2 heterocycles. The van der Waals surface area contributed by atoms with Crippen molar-refractivity contribution in [2.45, 2.75) is 77.6 Å². The molecule has 0 aliphatic carbocycles. The van der Waals surface area contributed by atoms with Gasteiger partial charge in [0.2, 0.25) is 21.4 Å². The largest absolute Gasteiger partial charge is 0.480 e. The molecule has 0 aliphatic rings. The number of anilines is 1. The fourth-order valence-corrected chi connectivity index (χ4v) is 7.31. The highest BCUT2D eigenvalue weighted by atomic mass is 32.2. The number of benzene rings is 2. The van der Waals surface area contributed by atoms with E-state index >= 15 is 0 Å². The van der Waals surface area contributed by atoms with Crippen LogP contribution in [0.4, 0.5) is 10.7 Å². The lowest BCUT2D eigenvalue weighted by atomic mass is 10.1. The second kappa shape index (κ2) is 15.8. The summed E-state index contributed by atoms with van der Waals surface area (Å²) in [4.78, 5) is 55.6. The molecule has 4 aromatic rings. The van der Waals surface area contributed by atoms with Crippen molar-refractivity contribution in [1.82, 2.24) is 29.5 Å². The summed E-state index contributed by atoms with van der Waals surface area (Å²) < 4.78 is 37.5. The van der Waals surface area contributed by atoms with Crippen molar-refractivity contribution in [2.75, 3.05) is 18.4 Å². The number of imidazole rings is 1. The molecule has 2 aromatic carbocycles. The summed E-state index contributed by atoms with van der Waals surface area (Å²) in [6.45, 7) is 10.6. The standard InChI is InChI=1S/C35H45N7O8S/c1-21-15-22(2)30(23(3)16-21)51(48,49)40-27(32(45)46)19-38-31(44)26-20-42(13-8-11-37-34(47)50-35(4,5)6)28-17-24(9-10-25(28)29(26)43)18-39-33-36-12-14-41(33)7/h9-10,12,14-17,20,27,40H,8,11,13,18-19H2,1-7H3,(H,36,39)(H,37,47)(H,38,44)(H,45,46)/t27-/m0/s1. The molecule has 1 atom stereocenters. The Morgan fingerprint density at radius 1 is 1.04 bits per heavy atom. The Morgan fingerprint density at radius 3 is 2.33 bits per heavy atom. The van der Waals surface area contributed by atoms with Gasteiger partial charge < -0.3 is 34.9 Å². The molecule has 0 unspecified atom stereocenters. The van der Waals surface area contributed by atoms with Gasteiger partial charge in [0.25, 0.3) is 5.91 Å². The minimum absolute atomic E-state index is 0.0428. The number of rotatable bonds is 14. The molecule has 0 aliphatic heterocycles. The fraction of sp³-hybridized carbons (Fsp3) is 0.400. The Bertz CT molecular complexity index is 2090. The van der Waals surface area contributed by atoms with Crippen LogP contribution in [-0.2, 0) is 39.7 Å². The van der Waals surface area contributed by atoms with Gasteiger partial charge >= 0.3 is 12.1 Å². The molecule has 0 bridgehead atoms. The average molecular weight is 724 g/mol. The van der Waals surface area contributed by atoms with E-state index in [1.165, 1.54) is 6.20 Å². The van der Waals surface area contributed by atoms with E-state index in [1.54, 1.807) is 75.8 Å². The van der Waals surface area contributed by atoms with E-state index in [0.717, 1.165) is 11.1 Å². The third kappa shape index (κ3) is 9.94. The van der Waals surface area contributed by atoms with Gasteiger partial charge in [0.1, 0.15) is 17.2 Å². The van der Waals surface area contributed by atoms with Gasteiger partial charge in [0.05, 0.1) is 10.4 Å². The smallest absolute Gasteiger partial charge is 0.407 e. The number of fused-ring (bicyclic) bond motifs is 1. The molecule has 0 spiro atoms. The van der Waals surface area contributed by atoms with Crippen LogP contribution in [0.25, 0.3) is 10.9 Å². The van der Waals surface area contributed by atoms with Gasteiger partial charge in [-0.25, -0.2) is 18.2 Å². The van der Waals surface area contributed by atoms with Crippen LogP contribution in [0.1, 0.15) is 59.8 Å². The third-order valence-electron chi connectivity index (χ3n) is 7.84. The number of ether oxygens (including phenoxy) is 1. The lowest BCUT2D eigenvalue weighted by Gasteiger charge is -2.20. The molecule has 15 nitrogen and oxygen atoms in total. The minimum atomic E-state index is -4.29. The van der Waals surface area contributed by atoms with E-state index in [4.69, 9.17) is 4.74 Å². The molecule has 4 rings (SSSR count). The van der Waals surface area contributed by atoms with Crippen molar-refractivity contribution < 1.29 is 32.6 Å². The first-order valence-electron chi connectivity index (χ1n) is 16.3. The van der Waals surface area contributed by atoms with E-state index < -0.39 is 51.6 Å². The zero-order valence-corrected chi connectivity index (χ0v) is 30.6. The normalized spacial score (nSPS) is 12.4. The molecular weight excluding hydrogens is 678 g/mol. The average Bonchev–Trinajstić information content (AvgIpc) is 3.43. The number of amides is 2. The van der Waals surface area contributed by atoms with Crippen LogP contribution >= 0.6 is 0 Å². The van der Waals surface area contributed by atoms with Crippen molar-refractivity contribution >= 4 is 44.8 Å². The number of carbonyl (C=O) groups excluding carboxylic acids is 2. The summed E-state index contributed by atoms with van der Waals surface area (Å²) in [6.07, 6.45) is 4.68. The van der Waals surface area contributed by atoms with Crippen LogP contribution in [0.2, 0.25) is 0 Å². The van der Waals surface area contributed by atoms with Gasteiger partial charge in [0, 0.05) is 57.2 Å². The molecule has 2 amide bonds. The number of carboxylic acids is 1. The van der Waals surface area contributed by atoms with E-state index in [9.17, 15) is 32.7 Å². The van der Waals surface area contributed by atoms with E-state index in [2.05, 4.69) is 25.7 Å². The molecule has 51 heavy (non-hydrogen) atoms. The zero-order valence-electron chi connectivity index (χ0n) is 29.8. The number of aromatic nitrogens is 3. The predicted octanol–water partition coefficient (Wildman–Crippen LogP) is 3.35. The maximum absolute atomic E-state index is 13.7. The topological polar surface area (TPSA) is 203 Å². The Morgan fingerprint density at radius 2 is 1.73 bits per heavy atom. The SMILES string of the molecule is Cc1cc(C)c(S(=O)(=O)N[C@@H](CNC(=O)c2cn(CCCNC(=O)OC(C)(C)C)c3cc(CNc4nccn4C)ccc3c2=O)C(=O)O)c(C)c1. The van der Waals surface area contributed by atoms with Crippen LogP contribution < -0.4 is 26.1 Å². The van der Waals surface area contributed by atoms with Crippen molar-refractivity contribution in [3.8, 4) is 0 Å². The molecule has 0 fully saturated rings. The van der Waals surface area contributed by atoms with Gasteiger partial charge in [-0.05, 0) is 76.8 Å². The van der Waals surface area contributed by atoms with Crippen LogP contribution in [0.3, 0.4) is 0 Å². The number of nitrogens with one attached hydrogen (secondary N) is 4.